The first-order valence-corrected chi connectivity index (χ1v) is 10.6. The molecule has 4 rings (SSSR count). The van der Waals surface area contributed by atoms with Crippen molar-refractivity contribution in [3.8, 4) is 5.75 Å². The van der Waals surface area contributed by atoms with E-state index in [1.165, 1.54) is 5.56 Å². The Bertz CT molecular complexity index is 924. The summed E-state index contributed by atoms with van der Waals surface area (Å²) in [7, 11) is 0. The van der Waals surface area contributed by atoms with Gasteiger partial charge in [0.1, 0.15) is 12.4 Å². The molecule has 30 heavy (non-hydrogen) atoms. The van der Waals surface area contributed by atoms with Crippen LogP contribution in [0.3, 0.4) is 0 Å². The average molecular weight is 428 g/mol. The van der Waals surface area contributed by atoms with Crippen LogP contribution in [0.1, 0.15) is 28.4 Å². The van der Waals surface area contributed by atoms with Gasteiger partial charge >= 0.3 is 0 Å². The number of fused-ring (bicyclic) bond motifs is 1. The first kappa shape index (κ1) is 20.7. The van der Waals surface area contributed by atoms with Gasteiger partial charge < -0.3 is 14.5 Å². The average Bonchev–Trinajstić information content (AvgIpc) is 2.96. The standard InChI is InChI=1S/C23H26ClN3O3/c1-17(28)26-10-8-25(9-11-26)15-18-2-7-22-20(14-18)16-27(12-13-30-22)23(29)19-3-5-21(24)6-4-19/h2-7,14H,8-13,15-16H2,1H3. The van der Waals surface area contributed by atoms with Crippen molar-refractivity contribution in [1.82, 2.24) is 14.7 Å². The summed E-state index contributed by atoms with van der Waals surface area (Å²) >= 11 is 5.95. The fourth-order valence-corrected chi connectivity index (χ4v) is 4.10. The molecule has 0 unspecified atom stereocenters. The molecule has 0 aliphatic carbocycles. The Labute approximate surface area is 182 Å². The fourth-order valence-electron chi connectivity index (χ4n) is 3.97. The van der Waals surface area contributed by atoms with E-state index < -0.39 is 0 Å². The minimum Gasteiger partial charge on any atom is -0.491 e. The second kappa shape index (κ2) is 9.06. The molecule has 0 atom stereocenters. The molecule has 2 aromatic carbocycles. The quantitative estimate of drug-likeness (QED) is 0.755. The predicted octanol–water partition coefficient (Wildman–Crippen LogP) is 3.04. The van der Waals surface area contributed by atoms with Crippen LogP contribution in [0.25, 0.3) is 0 Å². The summed E-state index contributed by atoms with van der Waals surface area (Å²) in [5.74, 6) is 0.961. The van der Waals surface area contributed by atoms with Gasteiger partial charge in [0.2, 0.25) is 5.91 Å². The summed E-state index contributed by atoms with van der Waals surface area (Å²) in [6, 6.07) is 13.2. The highest BCUT2D eigenvalue weighted by atomic mass is 35.5. The third-order valence-corrected chi connectivity index (χ3v) is 5.96. The largest absolute Gasteiger partial charge is 0.491 e. The van der Waals surface area contributed by atoms with Crippen molar-refractivity contribution in [2.75, 3.05) is 39.3 Å². The van der Waals surface area contributed by atoms with Crippen molar-refractivity contribution in [3.63, 3.8) is 0 Å². The van der Waals surface area contributed by atoms with Gasteiger partial charge in [0.05, 0.1) is 6.54 Å². The van der Waals surface area contributed by atoms with Gasteiger partial charge in [-0.25, -0.2) is 0 Å². The molecule has 7 heteroatoms. The lowest BCUT2D eigenvalue weighted by atomic mass is 10.1. The van der Waals surface area contributed by atoms with E-state index in [1.807, 2.05) is 15.9 Å². The van der Waals surface area contributed by atoms with Crippen LogP contribution in [0.4, 0.5) is 0 Å². The summed E-state index contributed by atoms with van der Waals surface area (Å²) in [6.45, 7) is 7.26. The molecular formula is C23H26ClN3O3. The fraction of sp³-hybridized carbons (Fsp3) is 0.391. The van der Waals surface area contributed by atoms with Crippen LogP contribution < -0.4 is 4.74 Å². The number of piperazine rings is 1. The summed E-state index contributed by atoms with van der Waals surface area (Å²) in [5.41, 5.74) is 2.84. The Morgan fingerprint density at radius 3 is 2.40 bits per heavy atom. The van der Waals surface area contributed by atoms with Crippen molar-refractivity contribution in [1.29, 1.82) is 0 Å². The Morgan fingerprint density at radius 2 is 1.70 bits per heavy atom. The van der Waals surface area contributed by atoms with Crippen molar-refractivity contribution in [3.05, 3.63) is 64.2 Å². The lowest BCUT2D eigenvalue weighted by Gasteiger charge is -2.34. The van der Waals surface area contributed by atoms with Gasteiger partial charge in [-0.2, -0.15) is 0 Å². The zero-order valence-electron chi connectivity index (χ0n) is 17.1. The molecular weight excluding hydrogens is 402 g/mol. The van der Waals surface area contributed by atoms with Crippen molar-refractivity contribution < 1.29 is 14.3 Å². The molecule has 0 N–H and O–H groups in total. The number of ether oxygens (including phenoxy) is 1. The van der Waals surface area contributed by atoms with Crippen LogP contribution in [-0.4, -0.2) is 65.8 Å². The highest BCUT2D eigenvalue weighted by Gasteiger charge is 2.23. The van der Waals surface area contributed by atoms with Crippen LogP contribution >= 0.6 is 11.6 Å². The molecule has 2 aromatic rings. The van der Waals surface area contributed by atoms with E-state index >= 15 is 0 Å². The molecule has 0 bridgehead atoms. The number of carbonyl (C=O) groups excluding carboxylic acids is 2. The van der Waals surface area contributed by atoms with Gasteiger partial charge in [0.15, 0.2) is 0 Å². The maximum absolute atomic E-state index is 12.9. The smallest absolute Gasteiger partial charge is 0.254 e. The summed E-state index contributed by atoms with van der Waals surface area (Å²) in [6.07, 6.45) is 0. The molecule has 158 valence electrons. The van der Waals surface area contributed by atoms with Gasteiger partial charge in [0.25, 0.3) is 5.91 Å². The second-order valence-electron chi connectivity index (χ2n) is 7.81. The molecule has 2 heterocycles. The first-order valence-electron chi connectivity index (χ1n) is 10.3. The van der Waals surface area contributed by atoms with Gasteiger partial charge in [-0.3, -0.25) is 14.5 Å². The van der Waals surface area contributed by atoms with Crippen LogP contribution in [0.2, 0.25) is 5.02 Å². The van der Waals surface area contributed by atoms with E-state index in [9.17, 15) is 9.59 Å². The molecule has 0 spiro atoms. The van der Waals surface area contributed by atoms with Gasteiger partial charge in [-0.05, 0) is 42.0 Å². The number of nitrogens with zero attached hydrogens (tertiary/aromatic N) is 3. The minimum atomic E-state index is -0.0196. The number of carbonyl (C=O) groups is 2. The predicted molar refractivity (Wildman–Crippen MR) is 116 cm³/mol. The summed E-state index contributed by atoms with van der Waals surface area (Å²) < 4.78 is 5.90. The van der Waals surface area contributed by atoms with E-state index in [-0.39, 0.29) is 11.8 Å². The lowest BCUT2D eigenvalue weighted by Crippen LogP contribution is -2.47. The normalized spacial score (nSPS) is 17.1. The topological polar surface area (TPSA) is 53.1 Å². The third-order valence-electron chi connectivity index (χ3n) is 5.71. The lowest BCUT2D eigenvalue weighted by molar-refractivity contribution is -0.130. The maximum Gasteiger partial charge on any atom is 0.254 e. The molecule has 0 saturated carbocycles. The Kier molecular flexibility index (Phi) is 6.25. The third kappa shape index (κ3) is 4.77. The van der Waals surface area contributed by atoms with E-state index in [0.29, 0.717) is 30.3 Å². The molecule has 2 aliphatic rings. The number of hydrogen-bond donors (Lipinski definition) is 0. The molecule has 2 aliphatic heterocycles. The van der Waals surface area contributed by atoms with Gasteiger partial charge in [0, 0.05) is 62.3 Å². The van der Waals surface area contributed by atoms with Crippen LogP contribution in [0.5, 0.6) is 5.75 Å². The maximum atomic E-state index is 12.9. The van der Waals surface area contributed by atoms with E-state index in [2.05, 4.69) is 17.0 Å². The van der Waals surface area contributed by atoms with E-state index in [0.717, 1.165) is 44.0 Å². The number of halogens is 1. The van der Waals surface area contributed by atoms with Gasteiger partial charge in [-0.15, -0.1) is 0 Å². The number of hydrogen-bond acceptors (Lipinski definition) is 4. The molecule has 2 amide bonds. The Balaban J connectivity index is 1.44. The number of rotatable bonds is 3. The Morgan fingerprint density at radius 1 is 0.967 bits per heavy atom. The zero-order chi connectivity index (χ0) is 21.1. The monoisotopic (exact) mass is 427 g/mol. The summed E-state index contributed by atoms with van der Waals surface area (Å²) in [4.78, 5) is 30.5. The van der Waals surface area contributed by atoms with Gasteiger partial charge in [-0.1, -0.05) is 17.7 Å². The molecule has 0 radical (unpaired) electrons. The highest BCUT2D eigenvalue weighted by molar-refractivity contribution is 6.30. The van der Waals surface area contributed by atoms with E-state index in [4.69, 9.17) is 16.3 Å². The summed E-state index contributed by atoms with van der Waals surface area (Å²) in [5, 5.41) is 0.616. The highest BCUT2D eigenvalue weighted by Crippen LogP contribution is 2.26. The van der Waals surface area contributed by atoms with Crippen LogP contribution in [0.15, 0.2) is 42.5 Å². The zero-order valence-corrected chi connectivity index (χ0v) is 17.9. The Hall–Kier alpha value is -2.57. The van der Waals surface area contributed by atoms with E-state index in [1.54, 1.807) is 31.2 Å². The van der Waals surface area contributed by atoms with Crippen LogP contribution in [-0.2, 0) is 17.9 Å². The molecule has 0 aromatic heterocycles. The number of amides is 2. The molecule has 1 fully saturated rings. The minimum absolute atomic E-state index is 0.0196. The van der Waals surface area contributed by atoms with Crippen molar-refractivity contribution in [2.24, 2.45) is 0 Å². The van der Waals surface area contributed by atoms with Crippen molar-refractivity contribution in [2.45, 2.75) is 20.0 Å². The SMILES string of the molecule is CC(=O)N1CCN(Cc2ccc3c(c2)CN(C(=O)c2ccc(Cl)cc2)CCO3)CC1. The molecule has 1 saturated heterocycles. The second-order valence-corrected chi connectivity index (χ2v) is 8.24. The first-order chi connectivity index (χ1) is 14.5. The van der Waals surface area contributed by atoms with Crippen molar-refractivity contribution >= 4 is 23.4 Å². The van der Waals surface area contributed by atoms with Crippen LogP contribution in [0, 0.1) is 0 Å². The number of benzene rings is 2. The molecule has 6 nitrogen and oxygen atoms in total.